The number of halogens is 2. The number of anilines is 2. The summed E-state index contributed by atoms with van der Waals surface area (Å²) in [5.41, 5.74) is 2.85. The van der Waals surface area contributed by atoms with Crippen LogP contribution in [0, 0.1) is 0 Å². The van der Waals surface area contributed by atoms with Crippen LogP contribution < -0.4 is 15.4 Å². The van der Waals surface area contributed by atoms with E-state index in [1.807, 2.05) is 47.9 Å². The summed E-state index contributed by atoms with van der Waals surface area (Å²) in [6.07, 6.45) is 1.54. The van der Waals surface area contributed by atoms with Gasteiger partial charge in [0.15, 0.2) is 0 Å². The average molecular weight is 419 g/mol. The van der Waals surface area contributed by atoms with Gasteiger partial charge >= 0.3 is 0 Å². The van der Waals surface area contributed by atoms with E-state index in [-0.39, 0.29) is 5.02 Å². The maximum atomic E-state index is 11.7. The van der Waals surface area contributed by atoms with Gasteiger partial charge in [-0.1, -0.05) is 35.3 Å². The minimum Gasteiger partial charge on any atom is -0.359 e. The quantitative estimate of drug-likeness (QED) is 0.605. The largest absolute Gasteiger partial charge is 0.359 e. The lowest BCUT2D eigenvalue weighted by molar-refractivity contribution is 0.921. The Hall–Kier alpha value is -2.64. The molecule has 0 saturated heterocycles. The maximum absolute atomic E-state index is 11.7. The van der Waals surface area contributed by atoms with Crippen LogP contribution in [0.2, 0.25) is 10.0 Å². The van der Waals surface area contributed by atoms with Gasteiger partial charge in [0.25, 0.3) is 5.56 Å². The smallest absolute Gasteiger partial charge is 0.285 e. The highest BCUT2D eigenvalue weighted by atomic mass is 35.5. The lowest BCUT2D eigenvalue weighted by Gasteiger charge is -2.23. The first-order valence-corrected chi connectivity index (χ1v) is 9.46. The fraction of sp³-hybridized carbons (Fsp3) is 0.263. The van der Waals surface area contributed by atoms with Gasteiger partial charge in [-0.15, -0.1) is 0 Å². The van der Waals surface area contributed by atoms with Crippen LogP contribution >= 0.6 is 23.2 Å². The van der Waals surface area contributed by atoms with Crippen molar-refractivity contribution in [2.75, 3.05) is 29.4 Å². The molecule has 1 N–H and O–H groups in total. The van der Waals surface area contributed by atoms with Crippen LogP contribution in [-0.4, -0.2) is 42.5 Å². The van der Waals surface area contributed by atoms with E-state index in [9.17, 15) is 4.79 Å². The number of benzene rings is 1. The van der Waals surface area contributed by atoms with Crippen molar-refractivity contribution in [3.63, 3.8) is 0 Å². The summed E-state index contributed by atoms with van der Waals surface area (Å²) >= 11 is 12.5. The van der Waals surface area contributed by atoms with Crippen LogP contribution in [0.1, 0.15) is 13.8 Å². The number of H-pyrrole nitrogens is 1. The van der Waals surface area contributed by atoms with Crippen molar-refractivity contribution in [2.24, 2.45) is 9.98 Å². The van der Waals surface area contributed by atoms with Crippen LogP contribution in [0.15, 0.2) is 56.5 Å². The zero-order chi connectivity index (χ0) is 20.3. The van der Waals surface area contributed by atoms with Crippen molar-refractivity contribution in [3.8, 4) is 0 Å². The van der Waals surface area contributed by atoms with Crippen molar-refractivity contribution in [1.82, 2.24) is 10.2 Å². The molecule has 1 aromatic carbocycles. The Labute approximate surface area is 173 Å². The van der Waals surface area contributed by atoms with Gasteiger partial charge in [-0.25, -0.2) is 15.1 Å². The summed E-state index contributed by atoms with van der Waals surface area (Å²) in [6, 6.07) is 7.52. The molecule has 0 amide bonds. The third kappa shape index (κ3) is 3.95. The molecule has 0 radical (unpaired) electrons. The first-order chi connectivity index (χ1) is 13.5. The Balaban J connectivity index is 1.91. The molecule has 7 nitrogen and oxygen atoms in total. The molecule has 0 spiro atoms. The first kappa shape index (κ1) is 20.1. The molecule has 1 aliphatic heterocycles. The fourth-order valence-electron chi connectivity index (χ4n) is 3.04. The molecule has 1 aliphatic rings. The molecular formula is C19H20Cl2N6O. The molecule has 0 fully saturated rings. The van der Waals surface area contributed by atoms with Crippen LogP contribution in [-0.2, 0) is 0 Å². The van der Waals surface area contributed by atoms with Gasteiger partial charge in [-0.05, 0) is 38.3 Å². The summed E-state index contributed by atoms with van der Waals surface area (Å²) in [4.78, 5) is 24.5. The number of nitrogens with one attached hydrogen (secondary N) is 1. The number of nitrogens with zero attached hydrogens (tertiary/aromatic N) is 5. The van der Waals surface area contributed by atoms with Crippen LogP contribution in [0.3, 0.4) is 0 Å². The van der Waals surface area contributed by atoms with E-state index in [0.717, 1.165) is 17.0 Å². The molecule has 0 unspecified atom stereocenters. The normalized spacial score (nSPS) is 14.6. The second-order valence-corrected chi connectivity index (χ2v) is 7.03. The van der Waals surface area contributed by atoms with E-state index in [0.29, 0.717) is 36.3 Å². The number of aliphatic imine (C=N–C) groups is 2. The first-order valence-electron chi connectivity index (χ1n) is 8.70. The van der Waals surface area contributed by atoms with E-state index in [1.54, 1.807) is 6.20 Å². The Bertz CT molecular complexity index is 1010. The minimum absolute atomic E-state index is 0.112. The summed E-state index contributed by atoms with van der Waals surface area (Å²) < 4.78 is 0. The van der Waals surface area contributed by atoms with Crippen molar-refractivity contribution >= 4 is 47.3 Å². The van der Waals surface area contributed by atoms with Gasteiger partial charge in [0.05, 0.1) is 34.8 Å². The highest BCUT2D eigenvalue weighted by Crippen LogP contribution is 2.30. The van der Waals surface area contributed by atoms with Gasteiger partial charge in [0.2, 0.25) is 5.96 Å². The van der Waals surface area contributed by atoms with E-state index >= 15 is 0 Å². The predicted octanol–water partition coefficient (Wildman–Crippen LogP) is 3.75. The second kappa shape index (κ2) is 8.58. The number of hydrogen-bond acceptors (Lipinski definition) is 4. The number of guanidine groups is 1. The average Bonchev–Trinajstić information content (AvgIpc) is 3.05. The molecule has 0 saturated carbocycles. The number of rotatable bonds is 4. The third-order valence-electron chi connectivity index (χ3n) is 4.46. The van der Waals surface area contributed by atoms with Crippen molar-refractivity contribution < 1.29 is 0 Å². The van der Waals surface area contributed by atoms with E-state index in [1.165, 1.54) is 0 Å². The number of hydrogen-bond donors (Lipinski definition) is 1. The van der Waals surface area contributed by atoms with Crippen molar-refractivity contribution in [3.05, 3.63) is 62.1 Å². The van der Waals surface area contributed by atoms with Gasteiger partial charge in [0, 0.05) is 13.1 Å². The van der Waals surface area contributed by atoms with Crippen LogP contribution in [0.4, 0.5) is 11.4 Å². The molecule has 1 aromatic heterocycles. The SMILES string of the molecule is C=N/C(=N\C1=C(C)CN(c2cn[nH]c(=O)c2Cl)C1)N(CC)c1ccccc1Cl. The highest BCUT2D eigenvalue weighted by Gasteiger charge is 2.24. The minimum atomic E-state index is -0.418. The van der Waals surface area contributed by atoms with Gasteiger partial charge in [0.1, 0.15) is 5.02 Å². The highest BCUT2D eigenvalue weighted by molar-refractivity contribution is 6.34. The molecule has 28 heavy (non-hydrogen) atoms. The van der Waals surface area contributed by atoms with Crippen LogP contribution in [0.5, 0.6) is 0 Å². The van der Waals surface area contributed by atoms with E-state index in [2.05, 4.69) is 21.9 Å². The second-order valence-electron chi connectivity index (χ2n) is 6.25. The summed E-state index contributed by atoms with van der Waals surface area (Å²) in [6.45, 7) is 9.35. The Morgan fingerprint density at radius 1 is 1.36 bits per heavy atom. The molecular weight excluding hydrogens is 399 g/mol. The summed E-state index contributed by atoms with van der Waals surface area (Å²) in [7, 11) is 0. The molecule has 2 heterocycles. The summed E-state index contributed by atoms with van der Waals surface area (Å²) in [5, 5.41) is 6.89. The van der Waals surface area contributed by atoms with Crippen LogP contribution in [0.25, 0.3) is 0 Å². The number of aromatic amines is 1. The van der Waals surface area contributed by atoms with Crippen molar-refractivity contribution in [2.45, 2.75) is 13.8 Å². The Kier molecular flexibility index (Phi) is 6.16. The lowest BCUT2D eigenvalue weighted by atomic mass is 10.3. The molecule has 0 aliphatic carbocycles. The molecule has 146 valence electrons. The number of para-hydroxylation sites is 1. The lowest BCUT2D eigenvalue weighted by Crippen LogP contribution is -2.30. The van der Waals surface area contributed by atoms with Gasteiger partial charge < -0.3 is 9.80 Å². The van der Waals surface area contributed by atoms with Gasteiger partial charge in [-0.2, -0.15) is 5.10 Å². The third-order valence-corrected chi connectivity index (χ3v) is 5.14. The molecule has 0 bridgehead atoms. The van der Waals surface area contributed by atoms with Gasteiger partial charge in [-0.3, -0.25) is 4.79 Å². The zero-order valence-corrected chi connectivity index (χ0v) is 17.1. The standard InChI is InChI=1S/C19H20Cl2N6O/c1-4-27(15-8-6-5-7-13(15)20)19(22-3)24-14-11-26(10-12(14)2)16-9-23-25-18(28)17(16)21/h5-9H,3-4,10-11H2,1-2H3,(H,25,28)/b24-19+. The molecule has 3 rings (SSSR count). The topological polar surface area (TPSA) is 77.0 Å². The molecule has 0 atom stereocenters. The Morgan fingerprint density at radius 2 is 2.11 bits per heavy atom. The maximum Gasteiger partial charge on any atom is 0.285 e. The number of aromatic nitrogens is 2. The zero-order valence-electron chi connectivity index (χ0n) is 15.6. The monoisotopic (exact) mass is 418 g/mol. The summed E-state index contributed by atoms with van der Waals surface area (Å²) in [5.74, 6) is 0.460. The van der Waals surface area contributed by atoms with E-state index < -0.39 is 5.56 Å². The molecule has 2 aromatic rings. The van der Waals surface area contributed by atoms with E-state index in [4.69, 9.17) is 28.2 Å². The molecule has 9 heteroatoms. The predicted molar refractivity (Wildman–Crippen MR) is 116 cm³/mol. The van der Waals surface area contributed by atoms with Crippen molar-refractivity contribution in [1.29, 1.82) is 0 Å². The Morgan fingerprint density at radius 3 is 2.79 bits per heavy atom. The fourth-order valence-corrected chi connectivity index (χ4v) is 3.49.